The number of ether oxygens (including phenoxy) is 4. The van der Waals surface area contributed by atoms with Gasteiger partial charge >= 0.3 is 11.9 Å². The van der Waals surface area contributed by atoms with Crippen LogP contribution in [0.1, 0.15) is 187 Å². The summed E-state index contributed by atoms with van der Waals surface area (Å²) in [5.74, 6) is 2.29. The van der Waals surface area contributed by atoms with Gasteiger partial charge in [0.2, 0.25) is 0 Å². The second-order valence-corrected chi connectivity index (χ2v) is 19.3. The Balaban J connectivity index is 1.35. The molecule has 0 spiro atoms. The van der Waals surface area contributed by atoms with Crippen LogP contribution in [0.4, 0.5) is 0 Å². The molecule has 0 saturated heterocycles. The molecule has 5 rings (SSSR count). The molecule has 6 nitrogen and oxygen atoms in total. The van der Waals surface area contributed by atoms with Crippen LogP contribution < -0.4 is 18.9 Å². The zero-order valence-corrected chi connectivity index (χ0v) is 41.1. The highest BCUT2D eigenvalue weighted by Gasteiger charge is 2.53. The Kier molecular flexibility index (Phi) is 16.1. The van der Waals surface area contributed by atoms with Crippen LogP contribution in [-0.4, -0.2) is 23.1 Å². The molecule has 0 aliphatic heterocycles. The molecule has 4 aromatic rings. The van der Waals surface area contributed by atoms with Crippen molar-refractivity contribution in [3.05, 3.63) is 118 Å². The molecular formula is C57H78O6. The van der Waals surface area contributed by atoms with Crippen LogP contribution in [0.15, 0.2) is 84.9 Å². The second-order valence-electron chi connectivity index (χ2n) is 19.3. The van der Waals surface area contributed by atoms with Crippen molar-refractivity contribution in [1.82, 2.24) is 0 Å². The normalized spacial score (nSPS) is 15.4. The highest BCUT2D eigenvalue weighted by Crippen LogP contribution is 2.48. The van der Waals surface area contributed by atoms with Gasteiger partial charge in [-0.25, -0.2) is 0 Å². The molecule has 1 unspecified atom stereocenters. The van der Waals surface area contributed by atoms with Gasteiger partial charge in [0.25, 0.3) is 0 Å². The van der Waals surface area contributed by atoms with E-state index in [4.69, 9.17) is 18.9 Å². The van der Waals surface area contributed by atoms with Crippen molar-refractivity contribution in [2.75, 3.05) is 0 Å². The van der Waals surface area contributed by atoms with Gasteiger partial charge < -0.3 is 18.9 Å². The lowest BCUT2D eigenvalue weighted by Gasteiger charge is -2.45. The quantitative estimate of drug-likeness (QED) is 0.0651. The highest BCUT2D eigenvalue weighted by molar-refractivity contribution is 5.81. The zero-order chi connectivity index (χ0) is 46.2. The van der Waals surface area contributed by atoms with Crippen LogP contribution in [0.5, 0.6) is 23.0 Å². The standard InChI is InChI=1S/C57H78O6/c1-14-42(15-2)51(58)60-47-30-24-43(25-31-47)53(10,11)44-26-32-48(33-27-44)62-57(19-6,20-7)55(13,18-5)52(59)61-49-34-28-45(38-40(49)8)56(36-22-21-23-37-56)46-29-35-50(41(9)39-46)63-54(12,16-3)17-4/h24-35,38-39,42H,14-23,36-37H2,1-13H3. The number of esters is 2. The molecule has 1 aliphatic carbocycles. The Morgan fingerprint density at radius 2 is 1.06 bits per heavy atom. The van der Waals surface area contributed by atoms with Gasteiger partial charge in [-0.2, -0.15) is 0 Å². The molecule has 0 amide bonds. The maximum absolute atomic E-state index is 14.6. The monoisotopic (exact) mass is 859 g/mol. The average Bonchev–Trinajstić information content (AvgIpc) is 3.30. The molecule has 0 heterocycles. The van der Waals surface area contributed by atoms with Gasteiger partial charge in [-0.3, -0.25) is 9.59 Å². The third kappa shape index (κ3) is 10.2. The summed E-state index contributed by atoms with van der Waals surface area (Å²) < 4.78 is 25.7. The fourth-order valence-corrected chi connectivity index (χ4v) is 9.93. The van der Waals surface area contributed by atoms with Crippen LogP contribution in [-0.2, 0) is 20.4 Å². The molecule has 0 N–H and O–H groups in total. The van der Waals surface area contributed by atoms with Crippen molar-refractivity contribution in [2.24, 2.45) is 11.3 Å². The number of hydrogen-bond acceptors (Lipinski definition) is 6. The predicted octanol–water partition coefficient (Wildman–Crippen LogP) is 15.1. The van der Waals surface area contributed by atoms with E-state index >= 15 is 0 Å². The number of benzene rings is 4. The molecule has 0 aromatic heterocycles. The minimum atomic E-state index is -0.934. The Labute approximate surface area is 380 Å². The number of aryl methyl sites for hydroxylation is 2. The van der Waals surface area contributed by atoms with E-state index in [0.717, 1.165) is 61.0 Å². The topological polar surface area (TPSA) is 71.1 Å². The summed E-state index contributed by atoms with van der Waals surface area (Å²) >= 11 is 0. The first-order valence-electron chi connectivity index (χ1n) is 24.2. The summed E-state index contributed by atoms with van der Waals surface area (Å²) in [5.41, 5.74) is 4.61. The first kappa shape index (κ1) is 49.4. The third-order valence-electron chi connectivity index (χ3n) is 15.5. The lowest BCUT2D eigenvalue weighted by atomic mass is 9.65. The Hall–Kier alpha value is -4.58. The van der Waals surface area contributed by atoms with E-state index in [1.807, 2.05) is 63.2 Å². The Bertz CT molecular complexity index is 2130. The maximum atomic E-state index is 14.6. The van der Waals surface area contributed by atoms with Crippen molar-refractivity contribution in [2.45, 2.75) is 189 Å². The summed E-state index contributed by atoms with van der Waals surface area (Å²) in [7, 11) is 0. The molecule has 0 radical (unpaired) electrons. The number of hydrogen-bond donors (Lipinski definition) is 0. The smallest absolute Gasteiger partial charge is 0.321 e. The third-order valence-corrected chi connectivity index (χ3v) is 15.5. The van der Waals surface area contributed by atoms with Gasteiger partial charge in [0.05, 0.1) is 5.92 Å². The molecule has 1 fully saturated rings. The van der Waals surface area contributed by atoms with Crippen LogP contribution in [0.3, 0.4) is 0 Å². The predicted molar refractivity (Wildman–Crippen MR) is 259 cm³/mol. The van der Waals surface area contributed by atoms with Gasteiger partial charge in [0.15, 0.2) is 0 Å². The second kappa shape index (κ2) is 20.5. The molecule has 0 bridgehead atoms. The maximum Gasteiger partial charge on any atom is 0.321 e. The minimum absolute atomic E-state index is 0.0909. The average molecular weight is 859 g/mol. The SMILES string of the molecule is CCC(CC)C(=O)Oc1ccc(C(C)(C)c2ccc(OC(CC)(CC)C(C)(CC)C(=O)Oc3ccc(C4(c5ccc(OC(C)(CC)CC)c(C)c5)CCCCC4)cc3C)cc2)cc1. The van der Waals surface area contributed by atoms with Crippen molar-refractivity contribution < 1.29 is 28.5 Å². The minimum Gasteiger partial charge on any atom is -0.487 e. The number of carbonyl (C=O) groups is 2. The Morgan fingerprint density at radius 3 is 1.51 bits per heavy atom. The van der Waals surface area contributed by atoms with E-state index in [1.54, 1.807) is 0 Å². The molecule has 342 valence electrons. The first-order chi connectivity index (χ1) is 29.9. The van der Waals surface area contributed by atoms with Crippen molar-refractivity contribution in [1.29, 1.82) is 0 Å². The van der Waals surface area contributed by atoms with Crippen molar-refractivity contribution in [3.8, 4) is 23.0 Å². The van der Waals surface area contributed by atoms with Crippen molar-refractivity contribution in [3.63, 3.8) is 0 Å². The summed E-state index contributed by atoms with van der Waals surface area (Å²) in [6.45, 7) is 27.5. The highest BCUT2D eigenvalue weighted by atomic mass is 16.5. The van der Waals surface area contributed by atoms with E-state index in [2.05, 4.69) is 112 Å². The van der Waals surface area contributed by atoms with Gasteiger partial charge in [0, 0.05) is 10.8 Å². The molecule has 1 aliphatic rings. The lowest BCUT2D eigenvalue weighted by molar-refractivity contribution is -0.162. The fourth-order valence-electron chi connectivity index (χ4n) is 9.93. The largest absolute Gasteiger partial charge is 0.487 e. The Morgan fingerprint density at radius 1 is 0.571 bits per heavy atom. The molecule has 63 heavy (non-hydrogen) atoms. The van der Waals surface area contributed by atoms with E-state index in [0.29, 0.717) is 36.5 Å². The van der Waals surface area contributed by atoms with Crippen LogP contribution in [0, 0.1) is 25.2 Å². The molecule has 1 atom stereocenters. The van der Waals surface area contributed by atoms with Crippen LogP contribution in [0.25, 0.3) is 0 Å². The van der Waals surface area contributed by atoms with Crippen molar-refractivity contribution >= 4 is 11.9 Å². The van der Waals surface area contributed by atoms with Gasteiger partial charge in [-0.1, -0.05) is 130 Å². The zero-order valence-electron chi connectivity index (χ0n) is 41.1. The summed E-state index contributed by atoms with van der Waals surface area (Å²) in [4.78, 5) is 27.2. The van der Waals surface area contributed by atoms with Gasteiger partial charge in [0.1, 0.15) is 39.6 Å². The summed E-state index contributed by atoms with van der Waals surface area (Å²) in [6, 6.07) is 29.4. The van der Waals surface area contributed by atoms with E-state index in [-0.39, 0.29) is 34.3 Å². The number of rotatable bonds is 20. The van der Waals surface area contributed by atoms with Gasteiger partial charge in [-0.05, 0) is 155 Å². The lowest BCUT2D eigenvalue weighted by Crippen LogP contribution is -2.56. The number of carbonyl (C=O) groups excluding carboxylic acids is 2. The molecule has 4 aromatic carbocycles. The van der Waals surface area contributed by atoms with E-state index in [1.165, 1.54) is 36.0 Å². The van der Waals surface area contributed by atoms with Crippen LogP contribution in [0.2, 0.25) is 0 Å². The molecule has 6 heteroatoms. The summed E-state index contributed by atoms with van der Waals surface area (Å²) in [5, 5.41) is 0. The first-order valence-corrected chi connectivity index (χ1v) is 24.2. The molecular weight excluding hydrogens is 781 g/mol. The van der Waals surface area contributed by atoms with Gasteiger partial charge in [-0.15, -0.1) is 0 Å². The van der Waals surface area contributed by atoms with E-state index in [9.17, 15) is 9.59 Å². The van der Waals surface area contributed by atoms with E-state index < -0.39 is 11.0 Å². The molecule has 1 saturated carbocycles. The van der Waals surface area contributed by atoms with Crippen LogP contribution >= 0.6 is 0 Å². The fraction of sp³-hybridized carbons (Fsp3) is 0.544. The summed E-state index contributed by atoms with van der Waals surface area (Å²) in [6.07, 6.45) is 11.0.